The van der Waals surface area contributed by atoms with Crippen LogP contribution in [0.25, 0.3) is 0 Å². The molecule has 20 heavy (non-hydrogen) atoms. The predicted molar refractivity (Wildman–Crippen MR) is 83.4 cm³/mol. The molecule has 0 aliphatic rings. The highest BCUT2D eigenvalue weighted by Crippen LogP contribution is 2.22. The first-order chi connectivity index (χ1) is 9.60. The zero-order valence-corrected chi connectivity index (χ0v) is 12.4. The monoisotopic (exact) mass is 290 g/mol. The Morgan fingerprint density at radius 3 is 2.60 bits per heavy atom. The van der Waals surface area contributed by atoms with Crippen LogP contribution in [0.15, 0.2) is 42.5 Å². The second-order valence-corrected chi connectivity index (χ2v) is 5.24. The van der Waals surface area contributed by atoms with Crippen molar-refractivity contribution in [1.29, 1.82) is 0 Å². The first kappa shape index (κ1) is 14.8. The summed E-state index contributed by atoms with van der Waals surface area (Å²) in [6.45, 7) is 2.91. The van der Waals surface area contributed by atoms with Gasteiger partial charge in [0.25, 0.3) is 0 Å². The maximum Gasteiger partial charge on any atom is 0.140 e. The van der Waals surface area contributed by atoms with Crippen molar-refractivity contribution in [2.75, 3.05) is 12.5 Å². The third kappa shape index (κ3) is 3.70. The molecule has 1 unspecified atom stereocenters. The molecule has 1 aromatic heterocycles. The van der Waals surface area contributed by atoms with Crippen LogP contribution in [0, 0.1) is 0 Å². The van der Waals surface area contributed by atoms with Crippen LogP contribution in [-0.2, 0) is 6.54 Å². The Morgan fingerprint density at radius 2 is 1.95 bits per heavy atom. The maximum atomic E-state index is 5.92. The number of pyridine rings is 1. The second-order valence-electron chi connectivity index (χ2n) is 4.80. The van der Waals surface area contributed by atoms with E-state index in [2.05, 4.69) is 41.4 Å². The molecule has 1 aromatic carbocycles. The van der Waals surface area contributed by atoms with Gasteiger partial charge in [-0.2, -0.15) is 0 Å². The normalized spacial score (nSPS) is 12.4. The SMILES string of the molecule is CC(c1ccc(Cl)cc1)N(C)Cc1cccc(NN)n1. The third-order valence-corrected chi connectivity index (χ3v) is 3.63. The summed E-state index contributed by atoms with van der Waals surface area (Å²) in [6.07, 6.45) is 0. The lowest BCUT2D eigenvalue weighted by atomic mass is 10.1. The average Bonchev–Trinajstić information content (AvgIpc) is 2.47. The number of nitrogens with two attached hydrogens (primary N) is 1. The smallest absolute Gasteiger partial charge is 0.140 e. The molecule has 0 bridgehead atoms. The fraction of sp³-hybridized carbons (Fsp3) is 0.267. The summed E-state index contributed by atoms with van der Waals surface area (Å²) in [5, 5.41) is 0.756. The fourth-order valence-electron chi connectivity index (χ4n) is 2.04. The Hall–Kier alpha value is -1.62. The van der Waals surface area contributed by atoms with Crippen LogP contribution < -0.4 is 11.3 Å². The number of hydrogen-bond donors (Lipinski definition) is 2. The lowest BCUT2D eigenvalue weighted by Crippen LogP contribution is -2.22. The number of anilines is 1. The highest BCUT2D eigenvalue weighted by Gasteiger charge is 2.12. The molecule has 1 atom stereocenters. The molecule has 0 aliphatic carbocycles. The lowest BCUT2D eigenvalue weighted by molar-refractivity contribution is 0.250. The molecule has 2 aromatic rings. The summed E-state index contributed by atoms with van der Waals surface area (Å²) < 4.78 is 0. The number of halogens is 1. The van der Waals surface area contributed by atoms with Crippen molar-refractivity contribution in [2.24, 2.45) is 5.84 Å². The minimum Gasteiger partial charge on any atom is -0.308 e. The van der Waals surface area contributed by atoms with E-state index in [9.17, 15) is 0 Å². The van der Waals surface area contributed by atoms with Crippen LogP contribution in [0.5, 0.6) is 0 Å². The summed E-state index contributed by atoms with van der Waals surface area (Å²) in [6, 6.07) is 14.0. The number of hydrazine groups is 1. The highest BCUT2D eigenvalue weighted by molar-refractivity contribution is 6.30. The van der Waals surface area contributed by atoms with Gasteiger partial charge in [-0.05, 0) is 43.8 Å². The van der Waals surface area contributed by atoms with Gasteiger partial charge in [0, 0.05) is 17.6 Å². The van der Waals surface area contributed by atoms with Gasteiger partial charge in [0.1, 0.15) is 5.82 Å². The van der Waals surface area contributed by atoms with Gasteiger partial charge in [0.15, 0.2) is 0 Å². The molecule has 1 heterocycles. The lowest BCUT2D eigenvalue weighted by Gasteiger charge is -2.25. The third-order valence-electron chi connectivity index (χ3n) is 3.38. The Labute approximate surface area is 124 Å². The summed E-state index contributed by atoms with van der Waals surface area (Å²) >= 11 is 5.92. The minimum absolute atomic E-state index is 0.281. The molecule has 0 spiro atoms. The largest absolute Gasteiger partial charge is 0.308 e. The summed E-state index contributed by atoms with van der Waals surface area (Å²) in [7, 11) is 2.07. The van der Waals surface area contributed by atoms with Crippen molar-refractivity contribution in [2.45, 2.75) is 19.5 Å². The van der Waals surface area contributed by atoms with Crippen molar-refractivity contribution in [3.63, 3.8) is 0 Å². The number of hydrogen-bond acceptors (Lipinski definition) is 4. The van der Waals surface area contributed by atoms with E-state index >= 15 is 0 Å². The Morgan fingerprint density at radius 1 is 1.25 bits per heavy atom. The van der Waals surface area contributed by atoms with E-state index in [0.29, 0.717) is 5.82 Å². The van der Waals surface area contributed by atoms with Crippen LogP contribution in [0.1, 0.15) is 24.2 Å². The van der Waals surface area contributed by atoms with Gasteiger partial charge in [0.05, 0.1) is 5.69 Å². The molecule has 0 fully saturated rings. The van der Waals surface area contributed by atoms with Crippen LogP contribution >= 0.6 is 11.6 Å². The van der Waals surface area contributed by atoms with Crippen LogP contribution in [0.4, 0.5) is 5.82 Å². The van der Waals surface area contributed by atoms with Crippen LogP contribution in [0.3, 0.4) is 0 Å². The molecule has 106 valence electrons. The molecule has 0 aliphatic heterocycles. The van der Waals surface area contributed by atoms with Crippen molar-refractivity contribution >= 4 is 17.4 Å². The van der Waals surface area contributed by atoms with E-state index in [1.165, 1.54) is 5.56 Å². The zero-order chi connectivity index (χ0) is 14.5. The number of aromatic nitrogens is 1. The van der Waals surface area contributed by atoms with E-state index in [1.807, 2.05) is 30.3 Å². The van der Waals surface area contributed by atoms with E-state index in [1.54, 1.807) is 0 Å². The molecule has 0 saturated heterocycles. The van der Waals surface area contributed by atoms with Gasteiger partial charge in [-0.15, -0.1) is 0 Å². The van der Waals surface area contributed by atoms with Crippen molar-refractivity contribution in [1.82, 2.24) is 9.88 Å². The highest BCUT2D eigenvalue weighted by atomic mass is 35.5. The minimum atomic E-state index is 0.281. The quantitative estimate of drug-likeness (QED) is 0.656. The molecule has 0 amide bonds. The molecule has 5 heteroatoms. The first-order valence-electron chi connectivity index (χ1n) is 6.48. The first-order valence-corrected chi connectivity index (χ1v) is 6.86. The van der Waals surface area contributed by atoms with Gasteiger partial charge in [-0.25, -0.2) is 10.8 Å². The van der Waals surface area contributed by atoms with Gasteiger partial charge in [-0.3, -0.25) is 4.90 Å². The number of nitrogens with one attached hydrogen (secondary N) is 1. The second kappa shape index (κ2) is 6.70. The fourth-order valence-corrected chi connectivity index (χ4v) is 2.16. The van der Waals surface area contributed by atoms with E-state index in [0.717, 1.165) is 17.3 Å². The maximum absolute atomic E-state index is 5.92. The molecule has 3 N–H and O–H groups in total. The Balaban J connectivity index is 2.06. The Bertz CT molecular complexity index is 556. The molecule has 4 nitrogen and oxygen atoms in total. The van der Waals surface area contributed by atoms with Gasteiger partial charge >= 0.3 is 0 Å². The molecule has 0 radical (unpaired) electrons. The molecule has 2 rings (SSSR count). The van der Waals surface area contributed by atoms with Gasteiger partial charge < -0.3 is 5.43 Å². The van der Waals surface area contributed by atoms with Crippen molar-refractivity contribution in [3.05, 3.63) is 58.7 Å². The number of rotatable bonds is 5. The predicted octanol–water partition coefficient (Wildman–Crippen LogP) is 3.21. The summed E-state index contributed by atoms with van der Waals surface area (Å²) in [5.74, 6) is 6.05. The van der Waals surface area contributed by atoms with Gasteiger partial charge in [0.2, 0.25) is 0 Å². The summed E-state index contributed by atoms with van der Waals surface area (Å²) in [4.78, 5) is 6.65. The van der Waals surface area contributed by atoms with E-state index in [4.69, 9.17) is 17.4 Å². The average molecular weight is 291 g/mol. The molecular formula is C15H19ClN4. The van der Waals surface area contributed by atoms with Crippen LogP contribution in [-0.4, -0.2) is 16.9 Å². The summed E-state index contributed by atoms with van der Waals surface area (Å²) in [5.41, 5.74) is 4.77. The molecule has 0 saturated carbocycles. The van der Waals surface area contributed by atoms with Crippen LogP contribution in [0.2, 0.25) is 5.02 Å². The number of nitrogen functional groups attached to an aromatic ring is 1. The van der Waals surface area contributed by atoms with Gasteiger partial charge in [-0.1, -0.05) is 29.8 Å². The number of benzene rings is 1. The van der Waals surface area contributed by atoms with E-state index < -0.39 is 0 Å². The zero-order valence-electron chi connectivity index (χ0n) is 11.7. The van der Waals surface area contributed by atoms with E-state index in [-0.39, 0.29) is 6.04 Å². The Kier molecular flexibility index (Phi) is 4.95. The standard InChI is InChI=1S/C15H19ClN4/c1-11(12-6-8-13(16)9-7-12)20(2)10-14-4-3-5-15(18-14)19-17/h3-9,11H,10,17H2,1-2H3,(H,18,19). The molecular weight excluding hydrogens is 272 g/mol. The number of nitrogens with zero attached hydrogens (tertiary/aromatic N) is 2. The van der Waals surface area contributed by atoms with Crippen molar-refractivity contribution in [3.8, 4) is 0 Å². The van der Waals surface area contributed by atoms with Crippen molar-refractivity contribution < 1.29 is 0 Å². The topological polar surface area (TPSA) is 54.2 Å².